The molecule has 0 radical (unpaired) electrons. The third-order valence-electron chi connectivity index (χ3n) is 2.73. The van der Waals surface area contributed by atoms with Gasteiger partial charge in [0.1, 0.15) is 0 Å². The van der Waals surface area contributed by atoms with Crippen LogP contribution in [0.25, 0.3) is 0 Å². The van der Waals surface area contributed by atoms with Crippen molar-refractivity contribution in [2.24, 2.45) is 0 Å². The molecule has 0 saturated heterocycles. The Bertz CT molecular complexity index is 443. The van der Waals surface area contributed by atoms with Gasteiger partial charge < -0.3 is 10.2 Å². The predicted molar refractivity (Wildman–Crippen MR) is 74.4 cm³/mol. The number of carbonyl (C=O) groups excluding carboxylic acids is 1. The normalized spacial score (nSPS) is 13.2. The monoisotopic (exact) mass is 296 g/mol. The van der Waals surface area contributed by atoms with Gasteiger partial charge in [0.05, 0.1) is 13.2 Å². The standard InChI is InChI=1S/C13H16N2O.BrH/c1-10-3-4-12(11(2)7-10)13(16)8-15-6-5-14-9-15;/h3-7,14H,8-9H2,1-2H3;1H. The van der Waals surface area contributed by atoms with Gasteiger partial charge in [-0.1, -0.05) is 23.8 Å². The van der Waals surface area contributed by atoms with Crippen LogP contribution in [-0.2, 0) is 0 Å². The van der Waals surface area contributed by atoms with E-state index < -0.39 is 0 Å². The second-order valence-corrected chi connectivity index (χ2v) is 4.17. The minimum absolute atomic E-state index is 0. The summed E-state index contributed by atoms with van der Waals surface area (Å²) in [7, 11) is 0. The SMILES string of the molecule is Br.Cc1ccc(C(=O)CN2C=CNC2)c(C)c1. The molecule has 4 heteroatoms. The minimum Gasteiger partial charge on any atom is -0.373 e. The lowest BCUT2D eigenvalue weighted by molar-refractivity contribution is 0.0957. The van der Waals surface area contributed by atoms with E-state index in [1.54, 1.807) is 0 Å². The number of carbonyl (C=O) groups is 1. The summed E-state index contributed by atoms with van der Waals surface area (Å²) < 4.78 is 0. The van der Waals surface area contributed by atoms with Crippen LogP contribution in [0.4, 0.5) is 0 Å². The lowest BCUT2D eigenvalue weighted by atomic mass is 10.0. The fourth-order valence-electron chi connectivity index (χ4n) is 1.89. The zero-order valence-electron chi connectivity index (χ0n) is 10.1. The first-order valence-corrected chi connectivity index (χ1v) is 5.41. The van der Waals surface area contributed by atoms with Gasteiger partial charge in [0, 0.05) is 18.0 Å². The first-order chi connectivity index (χ1) is 7.66. The second-order valence-electron chi connectivity index (χ2n) is 4.17. The molecule has 2 rings (SSSR count). The predicted octanol–water partition coefficient (Wildman–Crippen LogP) is 2.40. The Morgan fingerprint density at radius 2 is 2.18 bits per heavy atom. The van der Waals surface area contributed by atoms with Crippen LogP contribution in [0.3, 0.4) is 0 Å². The fraction of sp³-hybridized carbons (Fsp3) is 0.308. The molecular weight excluding hydrogens is 280 g/mol. The van der Waals surface area contributed by atoms with E-state index in [9.17, 15) is 4.79 Å². The molecule has 92 valence electrons. The summed E-state index contributed by atoms with van der Waals surface area (Å²) in [6.07, 6.45) is 3.76. The maximum absolute atomic E-state index is 12.0. The molecule has 1 heterocycles. The van der Waals surface area contributed by atoms with Gasteiger partial charge in [-0.25, -0.2) is 0 Å². The van der Waals surface area contributed by atoms with Crippen LogP contribution >= 0.6 is 17.0 Å². The van der Waals surface area contributed by atoms with E-state index in [1.807, 2.05) is 49.3 Å². The summed E-state index contributed by atoms with van der Waals surface area (Å²) >= 11 is 0. The van der Waals surface area contributed by atoms with E-state index >= 15 is 0 Å². The summed E-state index contributed by atoms with van der Waals surface area (Å²) in [5.74, 6) is 0.172. The Morgan fingerprint density at radius 3 is 2.76 bits per heavy atom. The number of hydrogen-bond acceptors (Lipinski definition) is 3. The van der Waals surface area contributed by atoms with E-state index in [2.05, 4.69) is 5.32 Å². The number of nitrogens with one attached hydrogen (secondary N) is 1. The smallest absolute Gasteiger partial charge is 0.182 e. The minimum atomic E-state index is 0. The Labute approximate surface area is 112 Å². The van der Waals surface area contributed by atoms with Crippen molar-refractivity contribution in [2.75, 3.05) is 13.2 Å². The summed E-state index contributed by atoms with van der Waals surface area (Å²) in [5, 5.41) is 3.05. The van der Waals surface area contributed by atoms with Gasteiger partial charge in [0.25, 0.3) is 0 Å². The van der Waals surface area contributed by atoms with E-state index in [-0.39, 0.29) is 22.8 Å². The summed E-state index contributed by atoms with van der Waals surface area (Å²) in [4.78, 5) is 14.0. The molecule has 1 aromatic rings. The number of rotatable bonds is 3. The van der Waals surface area contributed by atoms with E-state index in [1.165, 1.54) is 5.56 Å². The van der Waals surface area contributed by atoms with Gasteiger partial charge in [0.15, 0.2) is 5.78 Å². The molecular formula is C13H17BrN2O. The molecule has 0 unspecified atom stereocenters. The zero-order valence-corrected chi connectivity index (χ0v) is 11.8. The maximum Gasteiger partial charge on any atom is 0.182 e. The molecule has 1 aromatic carbocycles. The molecule has 0 atom stereocenters. The number of halogens is 1. The molecule has 1 aliphatic rings. The molecule has 0 saturated carbocycles. The number of aryl methyl sites for hydroxylation is 2. The molecule has 1 N–H and O–H groups in total. The molecule has 0 aliphatic carbocycles. The highest BCUT2D eigenvalue weighted by Gasteiger charge is 2.13. The number of benzene rings is 1. The number of ketones is 1. The summed E-state index contributed by atoms with van der Waals surface area (Å²) in [5.41, 5.74) is 3.07. The van der Waals surface area contributed by atoms with Gasteiger partial charge in [-0.05, 0) is 19.4 Å². The Morgan fingerprint density at radius 1 is 1.41 bits per heavy atom. The average molecular weight is 297 g/mol. The van der Waals surface area contributed by atoms with Crippen LogP contribution in [0, 0.1) is 13.8 Å². The first-order valence-electron chi connectivity index (χ1n) is 5.41. The lowest BCUT2D eigenvalue weighted by Crippen LogP contribution is -2.27. The molecule has 0 spiro atoms. The van der Waals surface area contributed by atoms with Gasteiger partial charge in [-0.15, -0.1) is 17.0 Å². The lowest BCUT2D eigenvalue weighted by Gasteiger charge is -2.14. The van der Waals surface area contributed by atoms with Crippen molar-refractivity contribution >= 4 is 22.8 Å². The summed E-state index contributed by atoms with van der Waals surface area (Å²) in [6.45, 7) is 5.18. The van der Waals surface area contributed by atoms with Crippen molar-refractivity contribution < 1.29 is 4.79 Å². The van der Waals surface area contributed by atoms with Crippen molar-refractivity contribution in [3.8, 4) is 0 Å². The number of nitrogens with zero attached hydrogens (tertiary/aromatic N) is 1. The van der Waals surface area contributed by atoms with Gasteiger partial charge >= 0.3 is 0 Å². The van der Waals surface area contributed by atoms with Crippen LogP contribution in [0.5, 0.6) is 0 Å². The van der Waals surface area contributed by atoms with Gasteiger partial charge in [-0.3, -0.25) is 4.79 Å². The van der Waals surface area contributed by atoms with Gasteiger partial charge in [-0.2, -0.15) is 0 Å². The molecule has 0 fully saturated rings. The van der Waals surface area contributed by atoms with Crippen LogP contribution in [0.2, 0.25) is 0 Å². The Kier molecular flexibility index (Phi) is 4.75. The largest absolute Gasteiger partial charge is 0.373 e. The number of Topliss-reactive ketones (excluding diaryl/α,β-unsaturated/α-hetero) is 1. The fourth-order valence-corrected chi connectivity index (χ4v) is 1.89. The zero-order chi connectivity index (χ0) is 11.5. The molecule has 3 nitrogen and oxygen atoms in total. The molecule has 0 amide bonds. The molecule has 1 aliphatic heterocycles. The Balaban J connectivity index is 0.00000144. The molecule has 0 aromatic heterocycles. The maximum atomic E-state index is 12.0. The first kappa shape index (κ1) is 13.8. The van der Waals surface area contributed by atoms with Crippen molar-refractivity contribution in [1.82, 2.24) is 10.2 Å². The third-order valence-corrected chi connectivity index (χ3v) is 2.73. The van der Waals surface area contributed by atoms with Crippen LogP contribution < -0.4 is 5.32 Å². The third kappa shape index (κ3) is 3.33. The summed E-state index contributed by atoms with van der Waals surface area (Å²) in [6, 6.07) is 5.95. The number of hydrogen-bond donors (Lipinski definition) is 1. The van der Waals surface area contributed by atoms with Crippen LogP contribution in [0.1, 0.15) is 21.5 Å². The Hall–Kier alpha value is -1.29. The van der Waals surface area contributed by atoms with Crippen molar-refractivity contribution in [3.63, 3.8) is 0 Å². The quantitative estimate of drug-likeness (QED) is 0.870. The van der Waals surface area contributed by atoms with Crippen LogP contribution in [0.15, 0.2) is 30.6 Å². The van der Waals surface area contributed by atoms with Crippen molar-refractivity contribution in [3.05, 3.63) is 47.3 Å². The van der Waals surface area contributed by atoms with Gasteiger partial charge in [0.2, 0.25) is 0 Å². The average Bonchev–Trinajstić information content (AvgIpc) is 2.70. The van der Waals surface area contributed by atoms with E-state index in [0.29, 0.717) is 6.54 Å². The topological polar surface area (TPSA) is 32.3 Å². The molecule has 0 bridgehead atoms. The van der Waals surface area contributed by atoms with Crippen molar-refractivity contribution in [1.29, 1.82) is 0 Å². The van der Waals surface area contributed by atoms with Crippen molar-refractivity contribution in [2.45, 2.75) is 13.8 Å². The highest BCUT2D eigenvalue weighted by Crippen LogP contribution is 2.12. The van der Waals surface area contributed by atoms with Crippen LogP contribution in [-0.4, -0.2) is 23.9 Å². The second kappa shape index (κ2) is 5.87. The highest BCUT2D eigenvalue weighted by molar-refractivity contribution is 8.93. The van der Waals surface area contributed by atoms with E-state index in [4.69, 9.17) is 0 Å². The molecule has 17 heavy (non-hydrogen) atoms. The highest BCUT2D eigenvalue weighted by atomic mass is 79.9. The van der Waals surface area contributed by atoms with E-state index in [0.717, 1.165) is 17.8 Å².